The summed E-state index contributed by atoms with van der Waals surface area (Å²) in [5.74, 6) is 0. The summed E-state index contributed by atoms with van der Waals surface area (Å²) in [6.07, 6.45) is 7.57. The Morgan fingerprint density at radius 3 is 0.979 bits per heavy atom. The zero-order valence-corrected chi connectivity index (χ0v) is 28.6. The third-order valence-electron chi connectivity index (χ3n) is 9.11. The van der Waals surface area contributed by atoms with Gasteiger partial charge in [-0.3, -0.25) is 9.97 Å². The maximum atomic E-state index is 4.57. The standard InChI is InChI=1S/C44H42N4/c1-43(2,3)31-19-23-33(24-20-31)47(35-13-11-27-45-29-35)41-37-15-7-9-17-39(37)42(40-18-10-8-16-38(40)41)48(36-14-12-28-46-30-36)34-25-21-32(22-26-34)44(4,5)6/h7-30H,1-6H3. The molecule has 4 heteroatoms. The van der Waals surface area contributed by atoms with E-state index in [2.05, 4.69) is 171 Å². The van der Waals surface area contributed by atoms with Crippen molar-refractivity contribution >= 4 is 55.7 Å². The number of anilines is 6. The third-order valence-corrected chi connectivity index (χ3v) is 9.11. The summed E-state index contributed by atoms with van der Waals surface area (Å²) in [4.78, 5) is 13.9. The van der Waals surface area contributed by atoms with Gasteiger partial charge in [0.2, 0.25) is 0 Å². The Labute approximate surface area is 284 Å². The fraction of sp³-hybridized carbons (Fsp3) is 0.182. The van der Waals surface area contributed by atoms with Gasteiger partial charge >= 0.3 is 0 Å². The van der Waals surface area contributed by atoms with E-state index in [-0.39, 0.29) is 10.8 Å². The van der Waals surface area contributed by atoms with Crippen molar-refractivity contribution in [2.75, 3.05) is 9.80 Å². The van der Waals surface area contributed by atoms with E-state index in [1.165, 1.54) is 11.1 Å². The van der Waals surface area contributed by atoms with Crippen molar-refractivity contribution in [2.24, 2.45) is 0 Å². The third kappa shape index (κ3) is 5.79. The Kier molecular flexibility index (Phi) is 7.96. The van der Waals surface area contributed by atoms with Crippen molar-refractivity contribution in [3.8, 4) is 0 Å². The molecule has 0 saturated heterocycles. The Bertz CT molecular complexity index is 1960. The Morgan fingerprint density at radius 2 is 0.708 bits per heavy atom. The van der Waals surface area contributed by atoms with Crippen molar-refractivity contribution in [1.29, 1.82) is 0 Å². The van der Waals surface area contributed by atoms with E-state index in [1.54, 1.807) is 0 Å². The Balaban J connectivity index is 1.55. The summed E-state index contributed by atoms with van der Waals surface area (Å²) in [6.45, 7) is 13.5. The van der Waals surface area contributed by atoms with Crippen molar-refractivity contribution in [1.82, 2.24) is 9.97 Å². The smallest absolute Gasteiger partial charge is 0.0645 e. The summed E-state index contributed by atoms with van der Waals surface area (Å²) in [5, 5.41) is 4.59. The average molecular weight is 627 g/mol. The number of hydrogen-bond donors (Lipinski definition) is 0. The lowest BCUT2D eigenvalue weighted by atomic mass is 9.87. The number of benzene rings is 5. The highest BCUT2D eigenvalue weighted by Crippen LogP contribution is 2.51. The molecule has 48 heavy (non-hydrogen) atoms. The molecule has 0 aliphatic rings. The first kappa shape index (κ1) is 31.1. The van der Waals surface area contributed by atoms with Gasteiger partial charge in [0.15, 0.2) is 0 Å². The Morgan fingerprint density at radius 1 is 0.375 bits per heavy atom. The van der Waals surface area contributed by atoms with Gasteiger partial charge in [0.1, 0.15) is 0 Å². The van der Waals surface area contributed by atoms with Crippen molar-refractivity contribution in [2.45, 2.75) is 52.4 Å². The molecule has 0 saturated carbocycles. The SMILES string of the molecule is CC(C)(C)c1ccc(N(c2cccnc2)c2c3ccccc3c(N(c3ccc(C(C)(C)C)cc3)c3cccnc3)c3ccccc23)cc1. The summed E-state index contributed by atoms with van der Waals surface area (Å²) < 4.78 is 0. The van der Waals surface area contributed by atoms with Gasteiger partial charge < -0.3 is 9.80 Å². The van der Waals surface area contributed by atoms with Crippen LogP contribution in [0.4, 0.5) is 34.1 Å². The van der Waals surface area contributed by atoms with Crippen molar-refractivity contribution in [3.63, 3.8) is 0 Å². The lowest BCUT2D eigenvalue weighted by molar-refractivity contribution is 0.590. The van der Waals surface area contributed by atoms with Crippen LogP contribution in [0, 0.1) is 0 Å². The highest BCUT2D eigenvalue weighted by molar-refractivity contribution is 6.23. The van der Waals surface area contributed by atoms with Gasteiger partial charge in [0.25, 0.3) is 0 Å². The largest absolute Gasteiger partial charge is 0.308 e. The molecule has 0 spiro atoms. The Hall–Kier alpha value is -5.48. The molecule has 7 aromatic rings. The van der Waals surface area contributed by atoms with E-state index in [0.29, 0.717) is 0 Å². The fourth-order valence-electron chi connectivity index (χ4n) is 6.57. The number of hydrogen-bond acceptors (Lipinski definition) is 4. The van der Waals surface area contributed by atoms with E-state index < -0.39 is 0 Å². The molecule has 0 bridgehead atoms. The average Bonchev–Trinajstić information content (AvgIpc) is 3.10. The van der Waals surface area contributed by atoms with Crippen LogP contribution in [-0.4, -0.2) is 9.97 Å². The summed E-state index contributed by atoms with van der Waals surface area (Å²) in [5.41, 5.74) is 9.13. The second kappa shape index (κ2) is 12.3. The lowest BCUT2D eigenvalue weighted by Crippen LogP contribution is -2.16. The van der Waals surface area contributed by atoms with E-state index >= 15 is 0 Å². The van der Waals surface area contributed by atoms with Crippen LogP contribution in [0.15, 0.2) is 146 Å². The van der Waals surface area contributed by atoms with E-state index in [4.69, 9.17) is 0 Å². The van der Waals surface area contributed by atoms with Gasteiger partial charge in [-0.05, 0) is 70.5 Å². The second-order valence-electron chi connectivity index (χ2n) is 14.5. The van der Waals surface area contributed by atoms with Gasteiger partial charge in [-0.25, -0.2) is 0 Å². The van der Waals surface area contributed by atoms with Gasteiger partial charge in [0.05, 0.1) is 35.1 Å². The molecule has 7 rings (SSSR count). The van der Waals surface area contributed by atoms with Gasteiger partial charge in [-0.2, -0.15) is 0 Å². The normalized spacial score (nSPS) is 12.0. The molecular weight excluding hydrogens is 585 g/mol. The van der Waals surface area contributed by atoms with Crippen LogP contribution in [0.2, 0.25) is 0 Å². The van der Waals surface area contributed by atoms with Crippen LogP contribution in [0.25, 0.3) is 21.5 Å². The number of fused-ring (bicyclic) bond motifs is 2. The van der Waals surface area contributed by atoms with Crippen LogP contribution in [0.1, 0.15) is 52.7 Å². The molecule has 238 valence electrons. The molecule has 0 amide bonds. The predicted octanol–water partition coefficient (Wildman–Crippen LogP) is 12.3. The molecule has 0 fully saturated rings. The minimum atomic E-state index is 0.0551. The summed E-state index contributed by atoms with van der Waals surface area (Å²) in [6, 6.07) is 43.8. The molecule has 0 atom stereocenters. The highest BCUT2D eigenvalue weighted by atomic mass is 15.2. The molecule has 5 aromatic carbocycles. The van der Waals surface area contributed by atoms with Crippen LogP contribution in [0.3, 0.4) is 0 Å². The van der Waals surface area contributed by atoms with E-state index in [1.807, 2.05) is 36.9 Å². The molecule has 0 aliphatic heterocycles. The van der Waals surface area contributed by atoms with Crippen LogP contribution in [-0.2, 0) is 10.8 Å². The van der Waals surface area contributed by atoms with E-state index in [0.717, 1.165) is 55.7 Å². The zero-order valence-electron chi connectivity index (χ0n) is 28.6. The molecular formula is C44H42N4. The molecule has 0 N–H and O–H groups in total. The van der Waals surface area contributed by atoms with Crippen molar-refractivity contribution < 1.29 is 0 Å². The summed E-state index contributed by atoms with van der Waals surface area (Å²) >= 11 is 0. The zero-order chi connectivity index (χ0) is 33.5. The first-order valence-electron chi connectivity index (χ1n) is 16.7. The molecule has 2 heterocycles. The monoisotopic (exact) mass is 626 g/mol. The number of rotatable bonds is 6. The van der Waals surface area contributed by atoms with Crippen LogP contribution < -0.4 is 9.80 Å². The summed E-state index contributed by atoms with van der Waals surface area (Å²) in [7, 11) is 0. The molecule has 0 unspecified atom stereocenters. The van der Waals surface area contributed by atoms with Crippen LogP contribution in [0.5, 0.6) is 0 Å². The predicted molar refractivity (Wildman–Crippen MR) is 204 cm³/mol. The number of pyridine rings is 2. The molecule has 0 radical (unpaired) electrons. The maximum Gasteiger partial charge on any atom is 0.0645 e. The number of aromatic nitrogens is 2. The minimum absolute atomic E-state index is 0.0551. The maximum absolute atomic E-state index is 4.57. The highest BCUT2D eigenvalue weighted by Gasteiger charge is 2.26. The van der Waals surface area contributed by atoms with Gasteiger partial charge in [-0.1, -0.05) is 114 Å². The first-order valence-corrected chi connectivity index (χ1v) is 16.7. The first-order chi connectivity index (χ1) is 23.1. The topological polar surface area (TPSA) is 32.3 Å². The minimum Gasteiger partial charge on any atom is -0.308 e. The fourth-order valence-corrected chi connectivity index (χ4v) is 6.57. The lowest BCUT2D eigenvalue weighted by Gasteiger charge is -2.33. The molecule has 2 aromatic heterocycles. The molecule has 0 aliphatic carbocycles. The van der Waals surface area contributed by atoms with Crippen LogP contribution >= 0.6 is 0 Å². The second-order valence-corrected chi connectivity index (χ2v) is 14.5. The molecule has 4 nitrogen and oxygen atoms in total. The quantitative estimate of drug-likeness (QED) is 0.136. The van der Waals surface area contributed by atoms with Crippen molar-refractivity contribution in [3.05, 3.63) is 157 Å². The van der Waals surface area contributed by atoms with Gasteiger partial charge in [-0.15, -0.1) is 0 Å². The number of nitrogens with zero attached hydrogens (tertiary/aromatic N) is 4. The van der Waals surface area contributed by atoms with E-state index in [9.17, 15) is 0 Å². The van der Waals surface area contributed by atoms with Gasteiger partial charge in [0, 0.05) is 45.3 Å².